The Morgan fingerprint density at radius 2 is 2.06 bits per heavy atom. The molecule has 1 saturated heterocycles. The first kappa shape index (κ1) is 22.4. The number of carbonyl (C=O) groups excluding carboxylic acids is 4. The minimum Gasteiger partial charge on any atom is -0.383 e. The van der Waals surface area contributed by atoms with Gasteiger partial charge < -0.3 is 20.4 Å². The lowest BCUT2D eigenvalue weighted by Crippen LogP contribution is -2.42. The third-order valence-electron chi connectivity index (χ3n) is 5.82. The Balaban J connectivity index is 1.58. The smallest absolute Gasteiger partial charge is 0.256 e. The Kier molecular flexibility index (Phi) is 5.86. The number of methoxy groups -OCH3 is 1. The number of amides is 4. The molecule has 2 aromatic rings. The second-order valence-corrected chi connectivity index (χ2v) is 7.97. The molecule has 0 aliphatic carbocycles. The number of nitrogens with zero attached hydrogens (tertiary/aromatic N) is 1. The molecule has 4 amide bonds. The largest absolute Gasteiger partial charge is 0.383 e. The molecule has 9 nitrogen and oxygen atoms in total. The number of imide groups is 1. The molecule has 0 bridgehead atoms. The van der Waals surface area contributed by atoms with Gasteiger partial charge in [0.15, 0.2) is 0 Å². The van der Waals surface area contributed by atoms with Crippen LogP contribution in [0.5, 0.6) is 0 Å². The lowest BCUT2D eigenvalue weighted by molar-refractivity contribution is -0.139. The maximum Gasteiger partial charge on any atom is 0.256 e. The van der Waals surface area contributed by atoms with Gasteiger partial charge in [-0.3, -0.25) is 24.1 Å². The van der Waals surface area contributed by atoms with Crippen LogP contribution in [-0.4, -0.2) is 59.8 Å². The van der Waals surface area contributed by atoms with E-state index in [1.54, 1.807) is 19.9 Å². The summed E-state index contributed by atoms with van der Waals surface area (Å²) in [5.74, 6) is -2.19. The van der Waals surface area contributed by atoms with Gasteiger partial charge in [-0.1, -0.05) is 0 Å². The van der Waals surface area contributed by atoms with Gasteiger partial charge in [-0.2, -0.15) is 0 Å². The van der Waals surface area contributed by atoms with Crippen molar-refractivity contribution in [3.05, 3.63) is 52.1 Å². The fourth-order valence-electron chi connectivity index (χ4n) is 4.15. The number of H-pyrrole nitrogens is 1. The molecule has 172 valence electrons. The molecule has 1 atom stereocenters. The second-order valence-electron chi connectivity index (χ2n) is 7.97. The van der Waals surface area contributed by atoms with E-state index in [1.807, 2.05) is 0 Å². The Bertz CT molecular complexity index is 1220. The summed E-state index contributed by atoms with van der Waals surface area (Å²) in [6.07, 6.45) is 1.45. The summed E-state index contributed by atoms with van der Waals surface area (Å²) < 4.78 is 18.6. The van der Waals surface area contributed by atoms with E-state index in [2.05, 4.69) is 15.6 Å². The highest BCUT2D eigenvalue weighted by Gasteiger charge is 2.39. The molecule has 1 aromatic heterocycles. The number of hydrogen-bond donors (Lipinski definition) is 3. The molecule has 0 saturated carbocycles. The molecule has 4 rings (SSSR count). The van der Waals surface area contributed by atoms with Crippen LogP contribution in [0.25, 0.3) is 11.6 Å². The van der Waals surface area contributed by atoms with E-state index in [0.717, 1.165) is 4.90 Å². The van der Waals surface area contributed by atoms with E-state index < -0.39 is 23.7 Å². The Morgan fingerprint density at radius 3 is 2.79 bits per heavy atom. The van der Waals surface area contributed by atoms with Crippen LogP contribution in [-0.2, 0) is 19.1 Å². The summed E-state index contributed by atoms with van der Waals surface area (Å²) in [7, 11) is 1.47. The maximum absolute atomic E-state index is 13.7. The number of likely N-dealkylation sites (tertiary alicyclic amines) is 1. The molecule has 1 aromatic carbocycles. The molecule has 2 aliphatic rings. The van der Waals surface area contributed by atoms with E-state index in [4.69, 9.17) is 4.74 Å². The van der Waals surface area contributed by atoms with Crippen molar-refractivity contribution >= 4 is 41.0 Å². The van der Waals surface area contributed by atoms with Gasteiger partial charge in [0.05, 0.1) is 30.7 Å². The quantitative estimate of drug-likeness (QED) is 0.454. The SMILES string of the molecule is COCCN1C(=O)C[C@H](NC(=O)c2c(C)[nH]c(/C=C3\C(=O)Nc4ccc(F)cc43)c2C)C1=O. The Labute approximate surface area is 189 Å². The fraction of sp³-hybridized carbons (Fsp3) is 0.304. The topological polar surface area (TPSA) is 121 Å². The van der Waals surface area contributed by atoms with Gasteiger partial charge in [0.25, 0.3) is 17.7 Å². The molecule has 33 heavy (non-hydrogen) atoms. The Hall–Kier alpha value is -3.79. The van der Waals surface area contributed by atoms with Crippen LogP contribution in [0.2, 0.25) is 0 Å². The number of hydrogen-bond acceptors (Lipinski definition) is 5. The van der Waals surface area contributed by atoms with Gasteiger partial charge in [-0.25, -0.2) is 4.39 Å². The predicted molar refractivity (Wildman–Crippen MR) is 118 cm³/mol. The van der Waals surface area contributed by atoms with Crippen LogP contribution in [0.3, 0.4) is 0 Å². The molecule has 3 heterocycles. The van der Waals surface area contributed by atoms with Crippen molar-refractivity contribution < 1.29 is 28.3 Å². The molecule has 10 heteroatoms. The second kappa shape index (κ2) is 8.62. The van der Waals surface area contributed by atoms with Crippen LogP contribution in [0, 0.1) is 19.7 Å². The van der Waals surface area contributed by atoms with Gasteiger partial charge in [0.1, 0.15) is 11.9 Å². The van der Waals surface area contributed by atoms with E-state index in [0.29, 0.717) is 33.8 Å². The number of aryl methyl sites for hydroxylation is 1. The fourth-order valence-corrected chi connectivity index (χ4v) is 4.15. The summed E-state index contributed by atoms with van der Waals surface area (Å²) in [6.45, 7) is 3.74. The first-order valence-corrected chi connectivity index (χ1v) is 10.4. The van der Waals surface area contributed by atoms with Crippen LogP contribution in [0.1, 0.15) is 39.3 Å². The number of fused-ring (bicyclic) bond motifs is 1. The van der Waals surface area contributed by atoms with Crippen molar-refractivity contribution in [3.63, 3.8) is 0 Å². The van der Waals surface area contributed by atoms with E-state index in [-0.39, 0.29) is 37.0 Å². The van der Waals surface area contributed by atoms with Gasteiger partial charge in [0, 0.05) is 29.7 Å². The summed E-state index contributed by atoms with van der Waals surface area (Å²) >= 11 is 0. The van der Waals surface area contributed by atoms with Crippen LogP contribution in [0.15, 0.2) is 18.2 Å². The standard InChI is InChI=1S/C23H23FN4O5/c1-11-17(9-15-14-8-13(24)4-5-16(14)26-21(15)30)25-12(2)20(11)22(31)27-18-10-19(29)28(23(18)32)6-7-33-3/h4-5,8-9,18,25H,6-7,10H2,1-3H3,(H,26,30)(H,27,31)/b15-9-/t18-/m0/s1. The molecule has 3 N–H and O–H groups in total. The van der Waals surface area contributed by atoms with Crippen molar-refractivity contribution in [1.29, 1.82) is 0 Å². The first-order chi connectivity index (χ1) is 15.7. The number of rotatable bonds is 6. The number of aromatic amines is 1. The Morgan fingerprint density at radius 1 is 1.30 bits per heavy atom. The summed E-state index contributed by atoms with van der Waals surface area (Å²) in [5, 5.41) is 5.33. The third-order valence-corrected chi connectivity index (χ3v) is 5.82. The molecule has 2 aliphatic heterocycles. The van der Waals surface area contributed by atoms with Crippen molar-refractivity contribution in [2.24, 2.45) is 0 Å². The van der Waals surface area contributed by atoms with Crippen LogP contribution in [0.4, 0.5) is 10.1 Å². The van der Waals surface area contributed by atoms with Gasteiger partial charge in [-0.05, 0) is 43.7 Å². The number of anilines is 1. The third kappa shape index (κ3) is 4.05. The molecular weight excluding hydrogens is 431 g/mol. The van der Waals surface area contributed by atoms with Gasteiger partial charge >= 0.3 is 0 Å². The van der Waals surface area contributed by atoms with E-state index in [9.17, 15) is 23.6 Å². The summed E-state index contributed by atoms with van der Waals surface area (Å²) in [5.41, 5.74) is 3.13. The zero-order valence-corrected chi connectivity index (χ0v) is 18.4. The molecular formula is C23H23FN4O5. The average Bonchev–Trinajstić information content (AvgIpc) is 3.32. The molecule has 1 fully saturated rings. The number of ether oxygens (including phenoxy) is 1. The molecule has 0 unspecified atom stereocenters. The lowest BCUT2D eigenvalue weighted by atomic mass is 10.0. The van der Waals surface area contributed by atoms with Crippen molar-refractivity contribution in [2.45, 2.75) is 26.3 Å². The minimum atomic E-state index is -0.951. The van der Waals surface area contributed by atoms with E-state index >= 15 is 0 Å². The number of nitrogens with one attached hydrogen (secondary N) is 3. The molecule has 0 spiro atoms. The highest BCUT2D eigenvalue weighted by atomic mass is 19.1. The zero-order valence-electron chi connectivity index (χ0n) is 18.4. The normalized spacial score (nSPS) is 18.8. The highest BCUT2D eigenvalue weighted by molar-refractivity contribution is 6.35. The number of halogens is 1. The van der Waals surface area contributed by atoms with Crippen molar-refractivity contribution in [3.8, 4) is 0 Å². The summed E-state index contributed by atoms with van der Waals surface area (Å²) in [6, 6.07) is 3.08. The lowest BCUT2D eigenvalue weighted by Gasteiger charge is -2.15. The zero-order chi connectivity index (χ0) is 23.9. The van der Waals surface area contributed by atoms with Crippen LogP contribution < -0.4 is 10.6 Å². The van der Waals surface area contributed by atoms with Crippen molar-refractivity contribution in [1.82, 2.24) is 15.2 Å². The first-order valence-electron chi connectivity index (χ1n) is 10.4. The van der Waals surface area contributed by atoms with Gasteiger partial charge in [0.2, 0.25) is 5.91 Å². The van der Waals surface area contributed by atoms with Gasteiger partial charge in [-0.15, -0.1) is 0 Å². The monoisotopic (exact) mass is 454 g/mol. The van der Waals surface area contributed by atoms with E-state index in [1.165, 1.54) is 25.3 Å². The average molecular weight is 454 g/mol. The molecule has 0 radical (unpaired) electrons. The summed E-state index contributed by atoms with van der Waals surface area (Å²) in [4.78, 5) is 54.2. The number of benzene rings is 1. The number of carbonyl (C=O) groups is 4. The predicted octanol–water partition coefficient (Wildman–Crippen LogP) is 1.77. The minimum absolute atomic E-state index is 0.115. The number of aromatic nitrogens is 1. The van der Waals surface area contributed by atoms with Crippen LogP contribution >= 0.6 is 0 Å². The highest BCUT2D eigenvalue weighted by Crippen LogP contribution is 2.34. The maximum atomic E-state index is 13.7. The van der Waals surface area contributed by atoms with Crippen molar-refractivity contribution in [2.75, 3.05) is 25.6 Å².